The van der Waals surface area contributed by atoms with Crippen molar-refractivity contribution in [3.8, 4) is 0 Å². The van der Waals surface area contributed by atoms with Crippen molar-refractivity contribution in [3.63, 3.8) is 0 Å². The summed E-state index contributed by atoms with van der Waals surface area (Å²) in [7, 11) is 1.41. The largest absolute Gasteiger partial charge is 0.332 e. The molecule has 0 radical (unpaired) electrons. The Morgan fingerprint density at radius 2 is 1.84 bits per heavy atom. The highest BCUT2D eigenvalue weighted by Crippen LogP contribution is 2.09. The molecule has 0 unspecified atom stereocenters. The number of halogens is 3. The molecule has 1 aromatic heterocycles. The molecule has 0 fully saturated rings. The summed E-state index contributed by atoms with van der Waals surface area (Å²) in [5.41, 5.74) is -0.916. The van der Waals surface area contributed by atoms with Crippen LogP contribution in [0.2, 0.25) is 5.15 Å². The van der Waals surface area contributed by atoms with Crippen molar-refractivity contribution in [1.29, 1.82) is 0 Å². The molecule has 0 spiro atoms. The second-order valence-electron chi connectivity index (χ2n) is 3.98. The maximum absolute atomic E-state index is 13.1. The topological polar surface area (TPSA) is 44.0 Å². The Labute approximate surface area is 111 Å². The molecule has 100 valence electrons. The SMILES string of the molecule is Cn1c(Cl)cc(=O)n(Cc2ccc(F)c(F)c2)c1=O. The van der Waals surface area contributed by atoms with Gasteiger partial charge >= 0.3 is 5.69 Å². The van der Waals surface area contributed by atoms with Gasteiger partial charge in [0.25, 0.3) is 5.56 Å². The summed E-state index contributed by atoms with van der Waals surface area (Å²) >= 11 is 5.68. The van der Waals surface area contributed by atoms with Crippen LogP contribution in [0.15, 0.2) is 33.9 Å². The quantitative estimate of drug-likeness (QED) is 0.786. The van der Waals surface area contributed by atoms with E-state index in [0.29, 0.717) is 5.56 Å². The van der Waals surface area contributed by atoms with Gasteiger partial charge in [-0.2, -0.15) is 0 Å². The second-order valence-corrected chi connectivity index (χ2v) is 4.37. The van der Waals surface area contributed by atoms with Crippen molar-refractivity contribution < 1.29 is 8.78 Å². The van der Waals surface area contributed by atoms with E-state index in [4.69, 9.17) is 11.6 Å². The minimum atomic E-state index is -1.03. The van der Waals surface area contributed by atoms with Crippen LogP contribution in [0.3, 0.4) is 0 Å². The first-order valence-electron chi connectivity index (χ1n) is 5.30. The highest BCUT2D eigenvalue weighted by molar-refractivity contribution is 6.29. The third kappa shape index (κ3) is 2.58. The van der Waals surface area contributed by atoms with Gasteiger partial charge in [-0.05, 0) is 17.7 Å². The molecule has 2 aromatic rings. The van der Waals surface area contributed by atoms with Crippen LogP contribution in [-0.4, -0.2) is 9.13 Å². The molecular weight excluding hydrogens is 278 g/mol. The van der Waals surface area contributed by atoms with Crippen LogP contribution in [0.5, 0.6) is 0 Å². The molecule has 0 aliphatic carbocycles. The number of benzene rings is 1. The van der Waals surface area contributed by atoms with E-state index in [2.05, 4.69) is 0 Å². The average Bonchev–Trinajstić information content (AvgIpc) is 2.36. The first-order valence-corrected chi connectivity index (χ1v) is 5.68. The van der Waals surface area contributed by atoms with E-state index in [1.54, 1.807) is 0 Å². The fourth-order valence-electron chi connectivity index (χ4n) is 1.61. The Balaban J connectivity index is 2.50. The number of hydrogen-bond donors (Lipinski definition) is 0. The summed E-state index contributed by atoms with van der Waals surface area (Å²) in [5, 5.41) is 0.0107. The molecule has 0 saturated heterocycles. The van der Waals surface area contributed by atoms with E-state index in [1.807, 2.05) is 0 Å². The van der Waals surface area contributed by atoms with E-state index in [0.717, 1.165) is 27.3 Å². The van der Waals surface area contributed by atoms with Gasteiger partial charge in [0.15, 0.2) is 11.6 Å². The summed E-state index contributed by atoms with van der Waals surface area (Å²) < 4.78 is 27.8. The van der Waals surface area contributed by atoms with E-state index < -0.39 is 22.9 Å². The third-order valence-corrected chi connectivity index (χ3v) is 3.03. The van der Waals surface area contributed by atoms with Gasteiger partial charge in [-0.15, -0.1) is 0 Å². The van der Waals surface area contributed by atoms with Crippen molar-refractivity contribution >= 4 is 11.6 Å². The Morgan fingerprint density at radius 1 is 1.16 bits per heavy atom. The molecule has 0 atom stereocenters. The Bertz CT molecular complexity index is 752. The predicted octanol–water partition coefficient (Wildman–Crippen LogP) is 1.53. The molecule has 0 aliphatic heterocycles. The van der Waals surface area contributed by atoms with Crippen molar-refractivity contribution in [1.82, 2.24) is 9.13 Å². The monoisotopic (exact) mass is 286 g/mol. The van der Waals surface area contributed by atoms with Crippen molar-refractivity contribution in [2.75, 3.05) is 0 Å². The zero-order valence-corrected chi connectivity index (χ0v) is 10.6. The van der Waals surface area contributed by atoms with Gasteiger partial charge in [0.1, 0.15) is 5.15 Å². The standard InChI is InChI=1S/C12H9ClF2N2O2/c1-16-10(13)5-11(18)17(12(16)19)6-7-2-3-8(14)9(15)4-7/h2-5H,6H2,1H3. The van der Waals surface area contributed by atoms with Gasteiger partial charge in [-0.3, -0.25) is 13.9 Å². The summed E-state index contributed by atoms with van der Waals surface area (Å²) in [6.45, 7) is -0.153. The van der Waals surface area contributed by atoms with E-state index >= 15 is 0 Å². The van der Waals surface area contributed by atoms with Gasteiger partial charge in [0.05, 0.1) is 6.54 Å². The summed E-state index contributed by atoms with van der Waals surface area (Å²) in [6, 6.07) is 4.27. The molecule has 0 bridgehead atoms. The van der Waals surface area contributed by atoms with Crippen LogP contribution in [0, 0.1) is 11.6 Å². The summed E-state index contributed by atoms with van der Waals surface area (Å²) in [4.78, 5) is 23.5. The maximum atomic E-state index is 13.1. The van der Waals surface area contributed by atoms with Crippen LogP contribution in [0.25, 0.3) is 0 Å². The minimum absolute atomic E-state index is 0.0107. The lowest BCUT2D eigenvalue weighted by Crippen LogP contribution is -2.38. The van der Waals surface area contributed by atoms with Crippen molar-refractivity contribution in [2.45, 2.75) is 6.54 Å². The predicted molar refractivity (Wildman–Crippen MR) is 66.4 cm³/mol. The number of hydrogen-bond acceptors (Lipinski definition) is 2. The lowest BCUT2D eigenvalue weighted by molar-refractivity contribution is 0.505. The van der Waals surface area contributed by atoms with Crippen LogP contribution >= 0.6 is 11.6 Å². The molecule has 0 N–H and O–H groups in total. The molecule has 19 heavy (non-hydrogen) atoms. The van der Waals surface area contributed by atoms with Crippen LogP contribution in [0.1, 0.15) is 5.56 Å². The van der Waals surface area contributed by atoms with Crippen LogP contribution in [0.4, 0.5) is 8.78 Å². The maximum Gasteiger partial charge on any atom is 0.332 e. The molecule has 2 rings (SSSR count). The minimum Gasteiger partial charge on any atom is -0.287 e. The molecule has 0 amide bonds. The van der Waals surface area contributed by atoms with Gasteiger partial charge in [-0.1, -0.05) is 17.7 Å². The van der Waals surface area contributed by atoms with Gasteiger partial charge in [0.2, 0.25) is 0 Å². The molecular formula is C12H9ClF2N2O2. The third-order valence-electron chi connectivity index (χ3n) is 2.67. The molecule has 0 saturated carbocycles. The number of nitrogens with zero attached hydrogens (tertiary/aromatic N) is 2. The normalized spacial score (nSPS) is 10.7. The molecule has 4 nitrogen and oxygen atoms in total. The highest BCUT2D eigenvalue weighted by atomic mass is 35.5. The first kappa shape index (κ1) is 13.5. The lowest BCUT2D eigenvalue weighted by atomic mass is 10.2. The molecule has 0 aliphatic rings. The van der Waals surface area contributed by atoms with E-state index in [-0.39, 0.29) is 11.7 Å². The van der Waals surface area contributed by atoms with Gasteiger partial charge < -0.3 is 0 Å². The smallest absolute Gasteiger partial charge is 0.287 e. The molecule has 1 aromatic carbocycles. The number of rotatable bonds is 2. The Hall–Kier alpha value is -1.95. The van der Waals surface area contributed by atoms with Crippen LogP contribution in [-0.2, 0) is 13.6 Å². The van der Waals surface area contributed by atoms with Crippen molar-refractivity contribution in [3.05, 3.63) is 67.5 Å². The average molecular weight is 287 g/mol. The van der Waals surface area contributed by atoms with E-state index in [1.165, 1.54) is 13.1 Å². The first-order chi connectivity index (χ1) is 8.90. The zero-order chi connectivity index (χ0) is 14.2. The van der Waals surface area contributed by atoms with E-state index in [9.17, 15) is 18.4 Å². The van der Waals surface area contributed by atoms with Gasteiger partial charge in [0, 0.05) is 13.1 Å². The second kappa shape index (κ2) is 4.97. The fourth-order valence-corrected chi connectivity index (χ4v) is 1.78. The van der Waals surface area contributed by atoms with Crippen LogP contribution < -0.4 is 11.2 Å². The highest BCUT2D eigenvalue weighted by Gasteiger charge is 2.09. The van der Waals surface area contributed by atoms with Gasteiger partial charge in [-0.25, -0.2) is 13.6 Å². The Morgan fingerprint density at radius 3 is 2.47 bits per heavy atom. The Kier molecular flexibility index (Phi) is 3.53. The number of aromatic nitrogens is 2. The summed E-state index contributed by atoms with van der Waals surface area (Å²) in [6.07, 6.45) is 0. The zero-order valence-electron chi connectivity index (χ0n) is 9.86. The molecule has 1 heterocycles. The summed E-state index contributed by atoms with van der Waals surface area (Å²) in [5.74, 6) is -2.02. The van der Waals surface area contributed by atoms with Crippen molar-refractivity contribution in [2.24, 2.45) is 7.05 Å². The fraction of sp³-hybridized carbons (Fsp3) is 0.167. The molecule has 7 heteroatoms. The lowest BCUT2D eigenvalue weighted by Gasteiger charge is -2.08.